The van der Waals surface area contributed by atoms with E-state index in [9.17, 15) is 0 Å². The number of hydrogen-bond donors (Lipinski definition) is 1. The molecule has 1 N–H and O–H groups in total. The van der Waals surface area contributed by atoms with E-state index in [1.54, 1.807) is 0 Å². The second-order valence-electron chi connectivity index (χ2n) is 5.05. The highest BCUT2D eigenvalue weighted by atomic mass is 16.3. The molecule has 0 radical (unpaired) electrons. The average Bonchev–Trinajstić information content (AvgIpc) is 2.80. The predicted molar refractivity (Wildman–Crippen MR) is 82.8 cm³/mol. The van der Waals surface area contributed by atoms with Crippen LogP contribution >= 0.6 is 0 Å². The molecule has 2 heteroatoms. The normalized spacial score (nSPS) is 11.1. The highest BCUT2D eigenvalue weighted by Crippen LogP contribution is 2.24. The Balaban J connectivity index is 1.61. The number of benzene rings is 2. The Labute approximate surface area is 119 Å². The molecular formula is C18H19NO. The van der Waals surface area contributed by atoms with Crippen LogP contribution in [0.15, 0.2) is 59.0 Å². The van der Waals surface area contributed by atoms with Gasteiger partial charge in [-0.1, -0.05) is 48.5 Å². The largest absolute Gasteiger partial charge is 0.461 e. The Morgan fingerprint density at radius 3 is 2.55 bits per heavy atom. The fourth-order valence-corrected chi connectivity index (χ4v) is 2.53. The lowest BCUT2D eigenvalue weighted by Gasteiger charge is -2.05. The average molecular weight is 265 g/mol. The molecule has 0 bridgehead atoms. The summed E-state index contributed by atoms with van der Waals surface area (Å²) >= 11 is 0. The van der Waals surface area contributed by atoms with Gasteiger partial charge in [-0.2, -0.15) is 0 Å². The molecule has 0 saturated heterocycles. The van der Waals surface area contributed by atoms with Crippen LogP contribution in [0.1, 0.15) is 16.9 Å². The summed E-state index contributed by atoms with van der Waals surface area (Å²) in [6, 6.07) is 18.8. The molecule has 2 aromatic carbocycles. The molecule has 3 aromatic rings. The van der Waals surface area contributed by atoms with Crippen LogP contribution in [0.4, 0.5) is 0 Å². The van der Waals surface area contributed by atoms with Gasteiger partial charge < -0.3 is 9.73 Å². The Morgan fingerprint density at radius 1 is 0.950 bits per heavy atom. The molecule has 102 valence electrons. The minimum Gasteiger partial charge on any atom is -0.461 e. The fourth-order valence-electron chi connectivity index (χ4n) is 2.53. The summed E-state index contributed by atoms with van der Waals surface area (Å²) in [7, 11) is 0. The van der Waals surface area contributed by atoms with E-state index < -0.39 is 0 Å². The van der Waals surface area contributed by atoms with Crippen LogP contribution in [0.5, 0.6) is 0 Å². The molecule has 0 aliphatic carbocycles. The van der Waals surface area contributed by atoms with Gasteiger partial charge in [0.25, 0.3) is 0 Å². The van der Waals surface area contributed by atoms with E-state index in [0.29, 0.717) is 0 Å². The van der Waals surface area contributed by atoms with Gasteiger partial charge in [-0.05, 0) is 31.5 Å². The number of hydrogen-bond acceptors (Lipinski definition) is 2. The van der Waals surface area contributed by atoms with Crippen molar-refractivity contribution in [3.05, 3.63) is 71.5 Å². The van der Waals surface area contributed by atoms with Gasteiger partial charge in [-0.3, -0.25) is 0 Å². The third kappa shape index (κ3) is 2.75. The smallest absolute Gasteiger partial charge is 0.134 e. The highest BCUT2D eigenvalue weighted by Gasteiger charge is 2.09. The second kappa shape index (κ2) is 5.93. The quantitative estimate of drug-likeness (QED) is 0.703. The summed E-state index contributed by atoms with van der Waals surface area (Å²) in [5.41, 5.74) is 3.62. The van der Waals surface area contributed by atoms with E-state index in [2.05, 4.69) is 47.8 Å². The van der Waals surface area contributed by atoms with Gasteiger partial charge in [0, 0.05) is 17.5 Å². The molecule has 20 heavy (non-hydrogen) atoms. The predicted octanol–water partition coefficient (Wildman–Crippen LogP) is 4.07. The number of rotatable bonds is 5. The van der Waals surface area contributed by atoms with Crippen molar-refractivity contribution in [3.63, 3.8) is 0 Å². The summed E-state index contributed by atoms with van der Waals surface area (Å²) in [5, 5.41) is 4.73. The summed E-state index contributed by atoms with van der Waals surface area (Å²) in [5.74, 6) is 1.01. The first-order valence-corrected chi connectivity index (χ1v) is 7.06. The van der Waals surface area contributed by atoms with Gasteiger partial charge in [0.1, 0.15) is 11.3 Å². The molecule has 0 aliphatic heterocycles. The van der Waals surface area contributed by atoms with Crippen molar-refractivity contribution in [2.24, 2.45) is 0 Å². The summed E-state index contributed by atoms with van der Waals surface area (Å²) in [6.45, 7) is 3.87. The maximum Gasteiger partial charge on any atom is 0.134 e. The lowest BCUT2D eigenvalue weighted by molar-refractivity contribution is 0.565. The van der Waals surface area contributed by atoms with E-state index in [1.807, 2.05) is 19.1 Å². The van der Waals surface area contributed by atoms with Crippen LogP contribution in [0.3, 0.4) is 0 Å². The van der Waals surface area contributed by atoms with E-state index >= 15 is 0 Å². The van der Waals surface area contributed by atoms with Crippen molar-refractivity contribution in [2.75, 3.05) is 6.54 Å². The lowest BCUT2D eigenvalue weighted by Crippen LogP contribution is -2.16. The van der Waals surface area contributed by atoms with Gasteiger partial charge in [-0.15, -0.1) is 0 Å². The fraction of sp³-hybridized carbons (Fsp3) is 0.222. The number of aryl methyl sites for hydroxylation is 1. The summed E-state index contributed by atoms with van der Waals surface area (Å²) in [6.07, 6.45) is 1.05. The van der Waals surface area contributed by atoms with Crippen molar-refractivity contribution in [3.8, 4) is 0 Å². The van der Waals surface area contributed by atoms with Crippen LogP contribution in [0, 0.1) is 6.92 Å². The third-order valence-corrected chi connectivity index (χ3v) is 3.64. The molecule has 0 amide bonds. The van der Waals surface area contributed by atoms with Crippen LogP contribution in [-0.4, -0.2) is 6.54 Å². The maximum atomic E-state index is 5.77. The van der Waals surface area contributed by atoms with Gasteiger partial charge in [0.2, 0.25) is 0 Å². The van der Waals surface area contributed by atoms with E-state index in [-0.39, 0.29) is 0 Å². The molecular weight excluding hydrogens is 246 g/mol. The zero-order chi connectivity index (χ0) is 13.8. The number of nitrogens with one attached hydrogen (secondary N) is 1. The Bertz CT molecular complexity index is 685. The molecule has 0 aliphatic rings. The number of para-hydroxylation sites is 1. The second-order valence-corrected chi connectivity index (χ2v) is 5.05. The molecule has 0 unspecified atom stereocenters. The van der Waals surface area contributed by atoms with Crippen LogP contribution in [-0.2, 0) is 13.0 Å². The Hall–Kier alpha value is -2.06. The maximum absolute atomic E-state index is 5.77. The van der Waals surface area contributed by atoms with Gasteiger partial charge in [0.15, 0.2) is 0 Å². The minimum absolute atomic E-state index is 0.857. The Morgan fingerprint density at radius 2 is 1.70 bits per heavy atom. The zero-order valence-corrected chi connectivity index (χ0v) is 11.7. The SMILES string of the molecule is Cc1oc2ccccc2c1CNCCc1ccccc1. The topological polar surface area (TPSA) is 25.2 Å². The van der Waals surface area contributed by atoms with Crippen LogP contribution in [0.2, 0.25) is 0 Å². The molecule has 1 aromatic heterocycles. The molecule has 2 nitrogen and oxygen atoms in total. The summed E-state index contributed by atoms with van der Waals surface area (Å²) in [4.78, 5) is 0. The highest BCUT2D eigenvalue weighted by molar-refractivity contribution is 5.82. The monoisotopic (exact) mass is 265 g/mol. The molecule has 0 fully saturated rings. The first-order valence-electron chi connectivity index (χ1n) is 7.06. The number of fused-ring (bicyclic) bond motifs is 1. The molecule has 0 atom stereocenters. The minimum atomic E-state index is 0.857. The standard InChI is InChI=1S/C18H19NO/c1-14-17(16-9-5-6-10-18(16)20-14)13-19-12-11-15-7-3-2-4-8-15/h2-10,19H,11-13H2,1H3. The van der Waals surface area contributed by atoms with Gasteiger partial charge in [0.05, 0.1) is 0 Å². The zero-order valence-electron chi connectivity index (χ0n) is 11.7. The first-order chi connectivity index (χ1) is 9.84. The molecule has 0 spiro atoms. The van der Waals surface area contributed by atoms with E-state index in [0.717, 1.165) is 30.9 Å². The van der Waals surface area contributed by atoms with Crippen molar-refractivity contribution >= 4 is 11.0 Å². The van der Waals surface area contributed by atoms with Crippen LogP contribution in [0.25, 0.3) is 11.0 Å². The van der Waals surface area contributed by atoms with E-state index in [4.69, 9.17) is 4.42 Å². The van der Waals surface area contributed by atoms with Gasteiger partial charge >= 0.3 is 0 Å². The molecule has 0 saturated carbocycles. The van der Waals surface area contributed by atoms with Gasteiger partial charge in [-0.25, -0.2) is 0 Å². The van der Waals surface area contributed by atoms with Crippen molar-refractivity contribution < 1.29 is 4.42 Å². The van der Waals surface area contributed by atoms with E-state index in [1.165, 1.54) is 16.5 Å². The number of furan rings is 1. The van der Waals surface area contributed by atoms with Crippen molar-refractivity contribution in [1.82, 2.24) is 5.32 Å². The lowest BCUT2D eigenvalue weighted by atomic mass is 10.1. The first kappa shape index (κ1) is 12.9. The molecule has 1 heterocycles. The van der Waals surface area contributed by atoms with Crippen molar-refractivity contribution in [2.45, 2.75) is 19.9 Å². The summed E-state index contributed by atoms with van der Waals surface area (Å²) < 4.78 is 5.77. The van der Waals surface area contributed by atoms with Crippen molar-refractivity contribution in [1.29, 1.82) is 0 Å². The van der Waals surface area contributed by atoms with Crippen LogP contribution < -0.4 is 5.32 Å². The Kier molecular flexibility index (Phi) is 3.84. The molecule has 3 rings (SSSR count). The third-order valence-electron chi connectivity index (χ3n) is 3.64.